The summed E-state index contributed by atoms with van der Waals surface area (Å²) in [6.45, 7) is 11.2. The molecule has 0 N–H and O–H groups in total. The van der Waals surface area contributed by atoms with E-state index >= 15 is 0 Å². The number of amides is 1. The topological polar surface area (TPSA) is 39.9 Å². The predicted octanol–water partition coefficient (Wildman–Crippen LogP) is 2.27. The van der Waals surface area contributed by atoms with Crippen LogP contribution in [0.4, 0.5) is 0 Å². The van der Waals surface area contributed by atoms with Crippen LogP contribution in [0, 0.1) is 6.92 Å². The molecule has 1 aromatic heterocycles. The number of hydrogen-bond acceptors (Lipinski definition) is 4. The SMILES string of the molecule is C=CCN1CC[C@]2(CCC1=O)CN(Cc1ccc(C)o1)CCN2C. The molecular weight excluding hydrogens is 302 g/mol. The lowest BCUT2D eigenvalue weighted by Gasteiger charge is -2.49. The molecule has 1 spiro atoms. The summed E-state index contributed by atoms with van der Waals surface area (Å²) in [6, 6.07) is 4.10. The third kappa shape index (κ3) is 3.57. The summed E-state index contributed by atoms with van der Waals surface area (Å²) in [5.41, 5.74) is 0.0888. The van der Waals surface area contributed by atoms with Crippen LogP contribution in [0.3, 0.4) is 0 Å². The Morgan fingerprint density at radius 3 is 2.83 bits per heavy atom. The van der Waals surface area contributed by atoms with Crippen molar-refractivity contribution >= 4 is 5.91 Å². The van der Waals surface area contributed by atoms with E-state index < -0.39 is 0 Å². The van der Waals surface area contributed by atoms with Crippen LogP contribution in [0.2, 0.25) is 0 Å². The smallest absolute Gasteiger partial charge is 0.222 e. The molecule has 0 bridgehead atoms. The molecule has 5 heteroatoms. The minimum Gasteiger partial charge on any atom is -0.465 e. The molecule has 1 amide bonds. The van der Waals surface area contributed by atoms with Crippen LogP contribution in [0.1, 0.15) is 30.8 Å². The molecule has 0 radical (unpaired) electrons. The van der Waals surface area contributed by atoms with Gasteiger partial charge in [-0.15, -0.1) is 6.58 Å². The predicted molar refractivity (Wildman–Crippen MR) is 94.7 cm³/mol. The van der Waals surface area contributed by atoms with E-state index in [1.807, 2.05) is 24.0 Å². The zero-order valence-corrected chi connectivity index (χ0v) is 15.0. The van der Waals surface area contributed by atoms with E-state index in [2.05, 4.69) is 29.5 Å². The first-order chi connectivity index (χ1) is 11.5. The molecule has 0 aliphatic carbocycles. The Kier molecular flexibility index (Phi) is 5.11. The molecule has 2 aliphatic rings. The van der Waals surface area contributed by atoms with Crippen molar-refractivity contribution in [3.05, 3.63) is 36.3 Å². The summed E-state index contributed by atoms with van der Waals surface area (Å²) in [7, 11) is 2.21. The Morgan fingerprint density at radius 2 is 2.12 bits per heavy atom. The average molecular weight is 331 g/mol. The van der Waals surface area contributed by atoms with Crippen LogP contribution in [0.15, 0.2) is 29.2 Å². The van der Waals surface area contributed by atoms with Gasteiger partial charge >= 0.3 is 0 Å². The van der Waals surface area contributed by atoms with Gasteiger partial charge < -0.3 is 9.32 Å². The van der Waals surface area contributed by atoms with Gasteiger partial charge in [-0.25, -0.2) is 0 Å². The maximum Gasteiger partial charge on any atom is 0.222 e. The minimum atomic E-state index is 0.0888. The molecule has 1 aromatic rings. The summed E-state index contributed by atoms with van der Waals surface area (Å²) in [5, 5.41) is 0. The first-order valence-corrected chi connectivity index (χ1v) is 8.90. The quantitative estimate of drug-likeness (QED) is 0.794. The van der Waals surface area contributed by atoms with Crippen LogP contribution in [-0.2, 0) is 11.3 Å². The van der Waals surface area contributed by atoms with Crippen LogP contribution < -0.4 is 0 Å². The number of furan rings is 1. The molecule has 2 fully saturated rings. The first-order valence-electron chi connectivity index (χ1n) is 8.90. The van der Waals surface area contributed by atoms with Crippen molar-refractivity contribution < 1.29 is 9.21 Å². The number of likely N-dealkylation sites (N-methyl/N-ethyl adjacent to an activating group) is 1. The summed E-state index contributed by atoms with van der Waals surface area (Å²) in [4.78, 5) is 19.2. The number of carbonyl (C=O) groups is 1. The summed E-state index contributed by atoms with van der Waals surface area (Å²) < 4.78 is 5.75. The number of piperazine rings is 1. The van der Waals surface area contributed by atoms with Crippen molar-refractivity contribution in [1.29, 1.82) is 0 Å². The summed E-state index contributed by atoms with van der Waals surface area (Å²) in [5.74, 6) is 2.26. The van der Waals surface area contributed by atoms with Crippen LogP contribution in [0.25, 0.3) is 0 Å². The maximum atomic E-state index is 12.3. The third-order valence-electron chi connectivity index (χ3n) is 5.61. The fourth-order valence-corrected chi connectivity index (χ4v) is 4.05. The summed E-state index contributed by atoms with van der Waals surface area (Å²) in [6.07, 6.45) is 4.42. The van der Waals surface area contributed by atoms with Gasteiger partial charge in [-0.05, 0) is 38.9 Å². The second-order valence-corrected chi connectivity index (χ2v) is 7.25. The zero-order chi connectivity index (χ0) is 17.2. The maximum absolute atomic E-state index is 12.3. The van der Waals surface area contributed by atoms with Gasteiger partial charge in [0, 0.05) is 44.7 Å². The lowest BCUT2D eigenvalue weighted by molar-refractivity contribution is -0.130. The second-order valence-electron chi connectivity index (χ2n) is 7.25. The molecule has 2 aliphatic heterocycles. The van der Waals surface area contributed by atoms with Gasteiger partial charge in [-0.1, -0.05) is 6.08 Å². The van der Waals surface area contributed by atoms with E-state index in [9.17, 15) is 4.79 Å². The van der Waals surface area contributed by atoms with Crippen molar-refractivity contribution in [2.45, 2.75) is 38.3 Å². The Morgan fingerprint density at radius 1 is 1.29 bits per heavy atom. The molecule has 132 valence electrons. The van der Waals surface area contributed by atoms with E-state index in [1.165, 1.54) is 0 Å². The van der Waals surface area contributed by atoms with E-state index in [0.717, 1.165) is 57.1 Å². The van der Waals surface area contributed by atoms with Gasteiger partial charge in [0.1, 0.15) is 11.5 Å². The number of rotatable bonds is 4. The fraction of sp³-hybridized carbons (Fsp3) is 0.632. The van der Waals surface area contributed by atoms with Gasteiger partial charge in [-0.2, -0.15) is 0 Å². The van der Waals surface area contributed by atoms with Gasteiger partial charge in [0.25, 0.3) is 0 Å². The number of nitrogens with zero attached hydrogens (tertiary/aromatic N) is 3. The molecule has 3 heterocycles. The zero-order valence-electron chi connectivity index (χ0n) is 15.0. The van der Waals surface area contributed by atoms with E-state index in [-0.39, 0.29) is 11.4 Å². The fourth-order valence-electron chi connectivity index (χ4n) is 4.05. The molecule has 1 atom stereocenters. The first kappa shape index (κ1) is 17.2. The van der Waals surface area contributed by atoms with Gasteiger partial charge in [0.05, 0.1) is 6.54 Å². The lowest BCUT2D eigenvalue weighted by atomic mass is 9.86. The molecular formula is C19H29N3O2. The largest absolute Gasteiger partial charge is 0.465 e. The molecule has 2 saturated heterocycles. The van der Waals surface area contributed by atoms with E-state index in [1.54, 1.807) is 0 Å². The average Bonchev–Trinajstić information content (AvgIpc) is 2.90. The highest BCUT2D eigenvalue weighted by atomic mass is 16.3. The molecule has 24 heavy (non-hydrogen) atoms. The van der Waals surface area contributed by atoms with Gasteiger partial charge in [-0.3, -0.25) is 14.6 Å². The molecule has 0 aromatic carbocycles. The Bertz CT molecular complexity index is 597. The van der Waals surface area contributed by atoms with E-state index in [4.69, 9.17) is 4.42 Å². The number of aryl methyl sites for hydroxylation is 1. The highest BCUT2D eigenvalue weighted by Crippen LogP contribution is 2.32. The Labute approximate surface area is 144 Å². The highest BCUT2D eigenvalue weighted by Gasteiger charge is 2.42. The van der Waals surface area contributed by atoms with Crippen LogP contribution in [-0.4, -0.2) is 65.9 Å². The Hall–Kier alpha value is -1.59. The highest BCUT2D eigenvalue weighted by molar-refractivity contribution is 5.76. The van der Waals surface area contributed by atoms with Crippen molar-refractivity contribution in [2.75, 3.05) is 39.8 Å². The van der Waals surface area contributed by atoms with Crippen molar-refractivity contribution in [2.24, 2.45) is 0 Å². The van der Waals surface area contributed by atoms with Crippen molar-refractivity contribution in [3.8, 4) is 0 Å². The minimum absolute atomic E-state index is 0.0888. The number of carbonyl (C=O) groups excluding carboxylic acids is 1. The van der Waals surface area contributed by atoms with Gasteiger partial charge in [0.2, 0.25) is 5.91 Å². The lowest BCUT2D eigenvalue weighted by Crippen LogP contribution is -2.60. The van der Waals surface area contributed by atoms with Crippen LogP contribution in [0.5, 0.6) is 0 Å². The van der Waals surface area contributed by atoms with Crippen LogP contribution >= 0.6 is 0 Å². The third-order valence-corrected chi connectivity index (χ3v) is 5.61. The van der Waals surface area contributed by atoms with Crippen molar-refractivity contribution in [1.82, 2.24) is 14.7 Å². The second kappa shape index (κ2) is 7.11. The van der Waals surface area contributed by atoms with Gasteiger partial charge in [0.15, 0.2) is 0 Å². The normalized spacial score (nSPS) is 26.8. The number of likely N-dealkylation sites (tertiary alicyclic amines) is 1. The Balaban J connectivity index is 1.70. The molecule has 5 nitrogen and oxygen atoms in total. The van der Waals surface area contributed by atoms with E-state index in [0.29, 0.717) is 13.0 Å². The summed E-state index contributed by atoms with van der Waals surface area (Å²) >= 11 is 0. The number of hydrogen-bond donors (Lipinski definition) is 0. The standard InChI is InChI=1S/C19H29N3O2/c1-4-10-22-11-9-19(8-7-18(22)23)15-21(13-12-20(19)3)14-17-6-5-16(2)24-17/h4-6H,1,7-15H2,2-3H3/t19-/m1/s1. The molecule has 0 unspecified atom stereocenters. The molecule has 3 rings (SSSR count). The van der Waals surface area contributed by atoms with Crippen molar-refractivity contribution in [3.63, 3.8) is 0 Å². The molecule has 0 saturated carbocycles. The monoisotopic (exact) mass is 331 g/mol.